The van der Waals surface area contributed by atoms with Gasteiger partial charge in [-0.15, -0.1) is 11.3 Å². The molecule has 1 unspecified atom stereocenters. The minimum atomic E-state index is 0.588. The molecule has 0 spiro atoms. The highest BCUT2D eigenvalue weighted by atomic mass is 32.2. The molecule has 3 heteroatoms. The van der Waals surface area contributed by atoms with Crippen molar-refractivity contribution in [2.24, 2.45) is 4.40 Å². The van der Waals surface area contributed by atoms with Gasteiger partial charge in [0, 0.05) is 22.8 Å². The van der Waals surface area contributed by atoms with Gasteiger partial charge in [0.05, 0.1) is 0 Å². The van der Waals surface area contributed by atoms with E-state index >= 15 is 0 Å². The van der Waals surface area contributed by atoms with Crippen LogP contribution in [0.2, 0.25) is 0 Å². The zero-order valence-electron chi connectivity index (χ0n) is 5.36. The van der Waals surface area contributed by atoms with Crippen molar-refractivity contribution in [3.63, 3.8) is 0 Å². The third kappa shape index (κ3) is 1.11. The molecule has 10 heavy (non-hydrogen) atoms. The molecule has 2 rings (SSSR count). The van der Waals surface area contributed by atoms with Crippen molar-refractivity contribution in [1.82, 2.24) is 0 Å². The largest absolute Gasteiger partial charge is 0.228 e. The zero-order valence-corrected chi connectivity index (χ0v) is 6.99. The molecule has 0 N–H and O–H groups in total. The Morgan fingerprint density at radius 1 is 1.60 bits per heavy atom. The first-order valence-corrected chi connectivity index (χ1v) is 4.98. The standard InChI is InChI=1S/C7H7NS2/c1-2-7(9-3-1)6-4-8-10-5-6/h1-4,6H,5H2. The third-order valence-corrected chi connectivity index (χ3v) is 3.26. The van der Waals surface area contributed by atoms with E-state index in [1.54, 1.807) is 11.9 Å². The average Bonchev–Trinajstić information content (AvgIpc) is 2.59. The van der Waals surface area contributed by atoms with Crippen molar-refractivity contribution in [3.8, 4) is 0 Å². The van der Waals surface area contributed by atoms with Crippen LogP contribution in [0.15, 0.2) is 21.9 Å². The molecule has 1 aromatic heterocycles. The van der Waals surface area contributed by atoms with Crippen molar-refractivity contribution in [2.75, 3.05) is 5.75 Å². The van der Waals surface area contributed by atoms with E-state index in [0.717, 1.165) is 5.75 Å². The van der Waals surface area contributed by atoms with Gasteiger partial charge in [0.25, 0.3) is 0 Å². The van der Waals surface area contributed by atoms with Crippen LogP contribution in [0.4, 0.5) is 0 Å². The molecule has 0 saturated heterocycles. The second-order valence-corrected chi connectivity index (χ2v) is 3.95. The normalized spacial score (nSPS) is 23.8. The van der Waals surface area contributed by atoms with Gasteiger partial charge in [-0.3, -0.25) is 0 Å². The SMILES string of the molecule is C1=NSCC1c1cccs1. The summed E-state index contributed by atoms with van der Waals surface area (Å²) < 4.78 is 4.12. The second-order valence-electron chi connectivity index (χ2n) is 2.17. The van der Waals surface area contributed by atoms with E-state index in [9.17, 15) is 0 Å². The highest BCUT2D eigenvalue weighted by Crippen LogP contribution is 2.28. The molecule has 52 valence electrons. The fraction of sp³-hybridized carbons (Fsp3) is 0.286. The van der Waals surface area contributed by atoms with Crippen molar-refractivity contribution in [1.29, 1.82) is 0 Å². The van der Waals surface area contributed by atoms with Crippen LogP contribution in [0.3, 0.4) is 0 Å². The molecule has 0 aromatic carbocycles. The molecule has 2 heterocycles. The average molecular weight is 169 g/mol. The smallest absolute Gasteiger partial charge is 0.0402 e. The van der Waals surface area contributed by atoms with E-state index in [0.29, 0.717) is 5.92 Å². The van der Waals surface area contributed by atoms with E-state index < -0.39 is 0 Å². The summed E-state index contributed by atoms with van der Waals surface area (Å²) in [6.45, 7) is 0. The molecule has 0 saturated carbocycles. The van der Waals surface area contributed by atoms with E-state index in [2.05, 4.69) is 21.9 Å². The van der Waals surface area contributed by atoms with Crippen LogP contribution in [0.25, 0.3) is 0 Å². The molecule has 1 nitrogen and oxygen atoms in total. The van der Waals surface area contributed by atoms with Crippen molar-refractivity contribution < 1.29 is 0 Å². The maximum absolute atomic E-state index is 4.12. The van der Waals surface area contributed by atoms with Gasteiger partial charge in [0.15, 0.2) is 0 Å². The lowest BCUT2D eigenvalue weighted by Crippen LogP contribution is -1.94. The zero-order chi connectivity index (χ0) is 6.81. The first-order chi connectivity index (χ1) is 4.97. The minimum absolute atomic E-state index is 0.588. The summed E-state index contributed by atoms with van der Waals surface area (Å²) in [6.07, 6.45) is 2.04. The van der Waals surface area contributed by atoms with Crippen LogP contribution < -0.4 is 0 Å². The fourth-order valence-corrected chi connectivity index (χ4v) is 2.58. The summed E-state index contributed by atoms with van der Waals surface area (Å²) in [5.41, 5.74) is 0. The Morgan fingerprint density at radius 2 is 2.60 bits per heavy atom. The lowest BCUT2D eigenvalue weighted by atomic mass is 10.2. The number of rotatable bonds is 1. The summed E-state index contributed by atoms with van der Waals surface area (Å²) in [5.74, 6) is 1.71. The lowest BCUT2D eigenvalue weighted by Gasteiger charge is -1.98. The molecule has 0 fully saturated rings. The van der Waals surface area contributed by atoms with Crippen LogP contribution in [0.5, 0.6) is 0 Å². The topological polar surface area (TPSA) is 12.4 Å². The third-order valence-electron chi connectivity index (χ3n) is 1.48. The highest BCUT2D eigenvalue weighted by molar-refractivity contribution is 7.98. The van der Waals surface area contributed by atoms with E-state index in [4.69, 9.17) is 0 Å². The maximum atomic E-state index is 4.12. The molecule has 1 atom stereocenters. The molecular formula is C7H7NS2. The van der Waals surface area contributed by atoms with Crippen LogP contribution in [0, 0.1) is 0 Å². The summed E-state index contributed by atoms with van der Waals surface area (Å²) in [7, 11) is 0. The number of hydrogen-bond donors (Lipinski definition) is 0. The summed E-state index contributed by atoms with van der Waals surface area (Å²) in [5, 5.41) is 2.12. The van der Waals surface area contributed by atoms with Crippen molar-refractivity contribution >= 4 is 29.5 Å². The maximum Gasteiger partial charge on any atom is 0.0402 e. The first kappa shape index (κ1) is 6.43. The Bertz CT molecular complexity index is 228. The Labute approximate surface area is 68.3 Å². The van der Waals surface area contributed by atoms with Gasteiger partial charge >= 0.3 is 0 Å². The Balaban J connectivity index is 2.20. The molecule has 1 aliphatic heterocycles. The van der Waals surface area contributed by atoms with Crippen LogP contribution >= 0.6 is 23.3 Å². The Kier molecular flexibility index (Phi) is 1.78. The lowest BCUT2D eigenvalue weighted by molar-refractivity contribution is 1.12. The Hall–Kier alpha value is -0.280. The van der Waals surface area contributed by atoms with E-state index in [-0.39, 0.29) is 0 Å². The van der Waals surface area contributed by atoms with E-state index in [1.807, 2.05) is 17.6 Å². The number of nitrogens with zero attached hydrogens (tertiary/aromatic N) is 1. The summed E-state index contributed by atoms with van der Waals surface area (Å²) in [4.78, 5) is 1.44. The molecule has 0 bridgehead atoms. The molecule has 0 aliphatic carbocycles. The van der Waals surface area contributed by atoms with Gasteiger partial charge in [-0.2, -0.15) is 0 Å². The quantitative estimate of drug-likeness (QED) is 0.588. The minimum Gasteiger partial charge on any atom is -0.228 e. The highest BCUT2D eigenvalue weighted by Gasteiger charge is 2.13. The van der Waals surface area contributed by atoms with Gasteiger partial charge in [-0.05, 0) is 23.4 Å². The molecule has 0 radical (unpaired) electrons. The predicted molar refractivity (Wildman–Crippen MR) is 48.0 cm³/mol. The van der Waals surface area contributed by atoms with Gasteiger partial charge in [-0.1, -0.05) is 6.07 Å². The van der Waals surface area contributed by atoms with E-state index in [1.165, 1.54) is 4.88 Å². The summed E-state index contributed by atoms with van der Waals surface area (Å²) in [6, 6.07) is 4.27. The van der Waals surface area contributed by atoms with Crippen LogP contribution in [-0.2, 0) is 0 Å². The van der Waals surface area contributed by atoms with Gasteiger partial charge < -0.3 is 0 Å². The summed E-state index contributed by atoms with van der Waals surface area (Å²) >= 11 is 3.47. The van der Waals surface area contributed by atoms with Crippen molar-refractivity contribution in [3.05, 3.63) is 22.4 Å². The number of hydrogen-bond acceptors (Lipinski definition) is 3. The fourth-order valence-electron chi connectivity index (χ4n) is 0.941. The second kappa shape index (κ2) is 2.76. The van der Waals surface area contributed by atoms with Gasteiger partial charge in [-0.25, -0.2) is 4.40 Å². The van der Waals surface area contributed by atoms with Gasteiger partial charge in [0.2, 0.25) is 0 Å². The first-order valence-electron chi connectivity index (χ1n) is 3.15. The van der Waals surface area contributed by atoms with Crippen molar-refractivity contribution in [2.45, 2.75) is 5.92 Å². The molecule has 0 amide bonds. The number of thiophene rings is 1. The molecule has 1 aliphatic rings. The van der Waals surface area contributed by atoms with Crippen LogP contribution in [-0.4, -0.2) is 12.0 Å². The van der Waals surface area contributed by atoms with Gasteiger partial charge in [0.1, 0.15) is 0 Å². The predicted octanol–water partition coefficient (Wildman–Crippen LogP) is 2.56. The monoisotopic (exact) mass is 169 g/mol. The molecule has 1 aromatic rings. The molecular weight excluding hydrogens is 162 g/mol. The Morgan fingerprint density at radius 3 is 3.20 bits per heavy atom. The van der Waals surface area contributed by atoms with Crippen LogP contribution in [0.1, 0.15) is 10.8 Å².